The fraction of sp³-hybridized carbons (Fsp3) is 0.375. The molecule has 1 saturated heterocycles. The van der Waals surface area contributed by atoms with E-state index in [1.807, 2.05) is 0 Å². The quantitative estimate of drug-likeness (QED) is 0.436. The number of aliphatic hydroxyl groups is 1. The van der Waals surface area contributed by atoms with Gasteiger partial charge >= 0.3 is 12.3 Å². The summed E-state index contributed by atoms with van der Waals surface area (Å²) in [5.74, 6) is -6.98. The van der Waals surface area contributed by atoms with E-state index in [0.29, 0.717) is 6.07 Å². The Morgan fingerprint density at radius 1 is 1.24 bits per heavy atom. The van der Waals surface area contributed by atoms with Crippen molar-refractivity contribution in [2.75, 3.05) is 13.2 Å². The van der Waals surface area contributed by atoms with Gasteiger partial charge in [0.25, 0.3) is 5.91 Å². The highest BCUT2D eigenvalue weighted by Crippen LogP contribution is 2.40. The maximum atomic E-state index is 15.0. The summed E-state index contributed by atoms with van der Waals surface area (Å²) >= 11 is 0. The third-order valence-corrected chi connectivity index (χ3v) is 6.20. The number of rotatable bonds is 8. The van der Waals surface area contributed by atoms with Crippen LogP contribution >= 0.6 is 0 Å². The van der Waals surface area contributed by atoms with Crippen LogP contribution in [0, 0.1) is 11.6 Å². The highest BCUT2D eigenvalue weighted by Gasteiger charge is 2.51. The van der Waals surface area contributed by atoms with E-state index in [-0.39, 0.29) is 30.0 Å². The first-order chi connectivity index (χ1) is 17.9. The number of alkyl halides is 4. The Bertz CT molecular complexity index is 1260. The van der Waals surface area contributed by atoms with Crippen molar-refractivity contribution in [3.05, 3.63) is 77.9 Å². The Balaban J connectivity index is 1.63. The number of benzene rings is 2. The van der Waals surface area contributed by atoms with Crippen LogP contribution in [0.4, 0.5) is 26.3 Å². The highest BCUT2D eigenvalue weighted by atomic mass is 19.3. The fourth-order valence-corrected chi connectivity index (χ4v) is 4.25. The molecule has 1 fully saturated rings. The molecule has 2 aromatic carbocycles. The van der Waals surface area contributed by atoms with Crippen LogP contribution in [0.1, 0.15) is 22.8 Å². The van der Waals surface area contributed by atoms with Crippen molar-refractivity contribution in [3.63, 3.8) is 0 Å². The van der Waals surface area contributed by atoms with E-state index in [1.165, 1.54) is 34.4 Å². The molecule has 4 rings (SSSR count). The Kier molecular flexibility index (Phi) is 7.65. The Labute approximate surface area is 212 Å². The number of amides is 1. The molecule has 0 aliphatic carbocycles. The number of ether oxygens (including phenoxy) is 2. The Hall–Kier alpha value is -3.65. The van der Waals surface area contributed by atoms with Gasteiger partial charge in [-0.15, -0.1) is 0 Å². The van der Waals surface area contributed by atoms with E-state index in [0.717, 1.165) is 24.3 Å². The van der Waals surface area contributed by atoms with Crippen LogP contribution in [0.2, 0.25) is 0 Å². The Morgan fingerprint density at radius 3 is 2.55 bits per heavy atom. The zero-order chi connectivity index (χ0) is 27.7. The minimum atomic E-state index is -4.35. The van der Waals surface area contributed by atoms with E-state index in [9.17, 15) is 31.9 Å². The number of hydrogen-bond donors (Lipinski definition) is 1. The summed E-state index contributed by atoms with van der Waals surface area (Å²) in [5, 5.41) is 14.6. The highest BCUT2D eigenvalue weighted by molar-refractivity contribution is 5.94. The lowest BCUT2D eigenvalue weighted by atomic mass is 9.83. The van der Waals surface area contributed by atoms with Gasteiger partial charge in [0, 0.05) is 17.2 Å². The lowest BCUT2D eigenvalue weighted by Gasteiger charge is -2.50. The van der Waals surface area contributed by atoms with Gasteiger partial charge in [0.2, 0.25) is 0 Å². The second-order valence-corrected chi connectivity index (χ2v) is 8.69. The third kappa shape index (κ3) is 5.45. The van der Waals surface area contributed by atoms with Crippen molar-refractivity contribution < 1.29 is 45.7 Å². The summed E-state index contributed by atoms with van der Waals surface area (Å²) in [6, 6.07) is 6.62. The SMILES string of the molecule is C[C@H]1N(C(=O)c2ccc(OCC(F)(F)C(F)F)cc2)C[C@@H](O)O[C@@]1(Cn1cncn1)c1ccc(F)cc1F. The lowest BCUT2D eigenvalue weighted by Crippen LogP contribution is -2.63. The molecule has 0 radical (unpaired) electrons. The zero-order valence-electron chi connectivity index (χ0n) is 19.8. The molecule has 38 heavy (non-hydrogen) atoms. The monoisotopic (exact) mass is 544 g/mol. The van der Waals surface area contributed by atoms with E-state index < -0.39 is 54.4 Å². The maximum Gasteiger partial charge on any atom is 0.340 e. The molecule has 1 amide bonds. The summed E-state index contributed by atoms with van der Waals surface area (Å²) in [6.45, 7) is -0.532. The molecule has 1 aromatic heterocycles. The lowest BCUT2D eigenvalue weighted by molar-refractivity contribution is -0.255. The molecule has 1 N–H and O–H groups in total. The van der Waals surface area contributed by atoms with Crippen LogP contribution in [0.3, 0.4) is 0 Å². The molecule has 0 spiro atoms. The average molecular weight is 544 g/mol. The van der Waals surface area contributed by atoms with Gasteiger partial charge in [0.05, 0.1) is 19.1 Å². The first-order valence-corrected chi connectivity index (χ1v) is 11.3. The number of hydrogen-bond acceptors (Lipinski definition) is 6. The molecule has 1 aliphatic rings. The smallest absolute Gasteiger partial charge is 0.340 e. The van der Waals surface area contributed by atoms with Crippen molar-refractivity contribution >= 4 is 5.91 Å². The normalized spacial score (nSPS) is 22.1. The van der Waals surface area contributed by atoms with Crippen LogP contribution < -0.4 is 4.74 Å². The molecule has 0 bridgehead atoms. The number of halogens is 6. The van der Waals surface area contributed by atoms with Crippen LogP contribution in [-0.4, -0.2) is 68.5 Å². The number of aliphatic hydroxyl groups excluding tert-OH is 1. The van der Waals surface area contributed by atoms with Crippen molar-refractivity contribution in [2.24, 2.45) is 0 Å². The number of carbonyl (C=O) groups excluding carboxylic acids is 1. The predicted octanol–water partition coefficient (Wildman–Crippen LogP) is 3.61. The van der Waals surface area contributed by atoms with Crippen LogP contribution in [0.25, 0.3) is 0 Å². The first-order valence-electron chi connectivity index (χ1n) is 11.3. The maximum absolute atomic E-state index is 15.0. The van der Waals surface area contributed by atoms with Gasteiger partial charge in [-0.2, -0.15) is 13.9 Å². The Morgan fingerprint density at radius 2 is 1.95 bits per heavy atom. The van der Waals surface area contributed by atoms with Crippen molar-refractivity contribution in [1.29, 1.82) is 0 Å². The molecule has 2 heterocycles. The topological polar surface area (TPSA) is 89.7 Å². The van der Waals surface area contributed by atoms with Gasteiger partial charge in [0.1, 0.15) is 35.6 Å². The summed E-state index contributed by atoms with van der Waals surface area (Å²) < 4.78 is 91.6. The van der Waals surface area contributed by atoms with E-state index in [4.69, 9.17) is 9.47 Å². The summed E-state index contributed by atoms with van der Waals surface area (Å²) in [5.41, 5.74) is -1.83. The average Bonchev–Trinajstić information content (AvgIpc) is 3.37. The van der Waals surface area contributed by atoms with Gasteiger partial charge in [-0.1, -0.05) is 6.07 Å². The number of morpholine rings is 1. The molecule has 8 nitrogen and oxygen atoms in total. The minimum absolute atomic E-state index is 0.0353. The fourth-order valence-electron chi connectivity index (χ4n) is 4.25. The summed E-state index contributed by atoms with van der Waals surface area (Å²) in [7, 11) is 0. The first kappa shape index (κ1) is 27.4. The van der Waals surface area contributed by atoms with Crippen LogP contribution in [0.5, 0.6) is 5.75 Å². The van der Waals surface area contributed by atoms with Gasteiger partial charge in [-0.05, 0) is 37.3 Å². The molecule has 0 unspecified atom stereocenters. The third-order valence-electron chi connectivity index (χ3n) is 6.20. The summed E-state index contributed by atoms with van der Waals surface area (Å²) in [6.07, 6.45) is -2.94. The van der Waals surface area contributed by atoms with Crippen molar-refractivity contribution in [2.45, 2.75) is 43.7 Å². The second-order valence-electron chi connectivity index (χ2n) is 8.69. The van der Waals surface area contributed by atoms with Crippen LogP contribution in [0.15, 0.2) is 55.1 Å². The van der Waals surface area contributed by atoms with Gasteiger partial charge < -0.3 is 19.5 Å². The van der Waals surface area contributed by atoms with Gasteiger partial charge in [-0.25, -0.2) is 27.2 Å². The van der Waals surface area contributed by atoms with Crippen LogP contribution in [-0.2, 0) is 16.9 Å². The molecule has 1 aliphatic heterocycles. The zero-order valence-corrected chi connectivity index (χ0v) is 19.8. The van der Waals surface area contributed by atoms with E-state index >= 15 is 4.39 Å². The van der Waals surface area contributed by atoms with Crippen molar-refractivity contribution in [1.82, 2.24) is 19.7 Å². The molecule has 0 saturated carbocycles. The largest absolute Gasteiger partial charge is 0.487 e. The van der Waals surface area contributed by atoms with Gasteiger partial charge in [-0.3, -0.25) is 4.79 Å². The van der Waals surface area contributed by atoms with E-state index in [2.05, 4.69) is 10.1 Å². The molecule has 3 atom stereocenters. The predicted molar refractivity (Wildman–Crippen MR) is 119 cm³/mol. The molecular formula is C24H22F6N4O4. The number of aromatic nitrogens is 3. The van der Waals surface area contributed by atoms with E-state index in [1.54, 1.807) is 6.92 Å². The molecule has 3 aromatic rings. The standard InChI is InChI=1S/C24H22F6N4O4/c1-14-23(10-33-13-31-12-32-33,18-7-4-16(25)8-19(18)26)38-20(35)9-34(14)21(36)15-2-5-17(6-3-15)37-11-24(29,30)22(27)28/h2-8,12-14,20,22,35H,9-11H2,1H3/t14-,20+,23-/m1/s1. The summed E-state index contributed by atoms with van der Waals surface area (Å²) in [4.78, 5) is 18.5. The second kappa shape index (κ2) is 10.6. The molecular weight excluding hydrogens is 522 g/mol. The van der Waals surface area contributed by atoms with Gasteiger partial charge in [0.15, 0.2) is 12.9 Å². The molecule has 204 valence electrons. The van der Waals surface area contributed by atoms with Crippen molar-refractivity contribution in [3.8, 4) is 5.75 Å². The minimum Gasteiger partial charge on any atom is -0.487 e. The number of nitrogens with zero attached hydrogens (tertiary/aromatic N) is 4. The number of β-amino-alcohol motifs (C(OH)–C–C–N with tert-alkyl or cyclic N) is 1. The number of carbonyl (C=O) groups is 1. The molecule has 14 heteroatoms.